The summed E-state index contributed by atoms with van der Waals surface area (Å²) in [4.78, 5) is 0. The highest BCUT2D eigenvalue weighted by molar-refractivity contribution is 4.78. The molecule has 0 radical (unpaired) electrons. The highest BCUT2D eigenvalue weighted by Crippen LogP contribution is 1.99. The molecule has 4 heteroatoms. The summed E-state index contributed by atoms with van der Waals surface area (Å²) in [5.41, 5.74) is 0. The minimum absolute atomic E-state index is 0.511. The molecule has 0 bridgehead atoms. The van der Waals surface area contributed by atoms with Gasteiger partial charge in [-0.15, -0.1) is 10.2 Å². The third-order valence-corrected chi connectivity index (χ3v) is 1.89. The Morgan fingerprint density at radius 1 is 1.46 bits per heavy atom. The van der Waals surface area contributed by atoms with E-state index in [4.69, 9.17) is 4.42 Å². The molecule has 0 spiro atoms. The fourth-order valence-corrected chi connectivity index (χ4v) is 1.21. The number of hydrogen-bond acceptors (Lipinski definition) is 4. The minimum atomic E-state index is 0.511. The first-order valence-corrected chi connectivity index (χ1v) is 4.74. The Morgan fingerprint density at radius 3 is 2.77 bits per heavy atom. The molecular weight excluding hydrogens is 166 g/mol. The van der Waals surface area contributed by atoms with Crippen LogP contribution in [0.5, 0.6) is 0 Å². The Hall–Kier alpha value is -0.900. The van der Waals surface area contributed by atoms with E-state index < -0.39 is 0 Å². The van der Waals surface area contributed by atoms with E-state index in [0.717, 1.165) is 0 Å². The van der Waals surface area contributed by atoms with Crippen LogP contribution in [0, 0.1) is 6.92 Å². The minimum Gasteiger partial charge on any atom is -0.424 e. The zero-order chi connectivity index (χ0) is 9.68. The molecule has 1 rings (SSSR count). The molecule has 4 nitrogen and oxygen atoms in total. The topological polar surface area (TPSA) is 51.0 Å². The van der Waals surface area contributed by atoms with E-state index >= 15 is 0 Å². The summed E-state index contributed by atoms with van der Waals surface area (Å²) < 4.78 is 5.23. The molecule has 1 atom stereocenters. The molecule has 0 saturated carbocycles. The molecule has 0 aliphatic rings. The Bertz CT molecular complexity index is 247. The lowest BCUT2D eigenvalue weighted by molar-refractivity contribution is 0.418. The van der Waals surface area contributed by atoms with Crippen molar-refractivity contribution in [2.45, 2.75) is 46.2 Å². The molecule has 1 aromatic heterocycles. The average molecular weight is 183 g/mol. The van der Waals surface area contributed by atoms with Crippen LogP contribution in [0.15, 0.2) is 4.42 Å². The molecule has 1 unspecified atom stereocenters. The number of hydrogen-bond donors (Lipinski definition) is 1. The fraction of sp³-hybridized carbons (Fsp3) is 0.778. The van der Waals surface area contributed by atoms with Gasteiger partial charge in [0, 0.05) is 13.0 Å². The molecule has 0 aromatic carbocycles. The third kappa shape index (κ3) is 3.55. The van der Waals surface area contributed by atoms with Gasteiger partial charge in [-0.1, -0.05) is 13.3 Å². The van der Waals surface area contributed by atoms with E-state index in [1.165, 1.54) is 12.8 Å². The summed E-state index contributed by atoms with van der Waals surface area (Å²) in [5.74, 6) is 1.29. The molecule has 0 aliphatic heterocycles. The van der Waals surface area contributed by atoms with Gasteiger partial charge in [0.15, 0.2) is 0 Å². The van der Waals surface area contributed by atoms with Gasteiger partial charge in [0.2, 0.25) is 11.8 Å². The number of nitrogens with zero attached hydrogens (tertiary/aromatic N) is 2. The van der Waals surface area contributed by atoms with Gasteiger partial charge in [0.1, 0.15) is 0 Å². The van der Waals surface area contributed by atoms with E-state index in [-0.39, 0.29) is 0 Å². The van der Waals surface area contributed by atoms with Crippen molar-refractivity contribution in [3.63, 3.8) is 0 Å². The van der Waals surface area contributed by atoms with Crippen LogP contribution in [-0.4, -0.2) is 16.2 Å². The van der Waals surface area contributed by atoms with Crippen LogP contribution in [0.4, 0.5) is 0 Å². The maximum Gasteiger partial charge on any atom is 0.230 e. The van der Waals surface area contributed by atoms with Crippen LogP contribution in [0.2, 0.25) is 0 Å². The average Bonchev–Trinajstić information content (AvgIpc) is 2.49. The smallest absolute Gasteiger partial charge is 0.230 e. The van der Waals surface area contributed by atoms with Crippen LogP contribution < -0.4 is 5.32 Å². The SMILES string of the molecule is CCCC(C)NCc1nnc(C)o1. The van der Waals surface area contributed by atoms with Gasteiger partial charge in [-0.3, -0.25) is 0 Å². The number of rotatable bonds is 5. The van der Waals surface area contributed by atoms with E-state index in [1.54, 1.807) is 6.92 Å². The number of nitrogens with one attached hydrogen (secondary N) is 1. The van der Waals surface area contributed by atoms with Crippen LogP contribution >= 0.6 is 0 Å². The summed E-state index contributed by atoms with van der Waals surface area (Å²) >= 11 is 0. The van der Waals surface area contributed by atoms with Crippen LogP contribution in [0.3, 0.4) is 0 Å². The maximum atomic E-state index is 5.23. The van der Waals surface area contributed by atoms with Gasteiger partial charge in [0.25, 0.3) is 0 Å². The zero-order valence-electron chi connectivity index (χ0n) is 8.50. The van der Waals surface area contributed by atoms with Gasteiger partial charge in [-0.05, 0) is 13.3 Å². The molecule has 0 amide bonds. The van der Waals surface area contributed by atoms with Crippen LogP contribution in [0.25, 0.3) is 0 Å². The number of aromatic nitrogens is 2. The Kier molecular flexibility index (Phi) is 3.89. The lowest BCUT2D eigenvalue weighted by Crippen LogP contribution is -2.25. The van der Waals surface area contributed by atoms with E-state index in [0.29, 0.717) is 24.4 Å². The zero-order valence-corrected chi connectivity index (χ0v) is 8.50. The fourth-order valence-electron chi connectivity index (χ4n) is 1.21. The van der Waals surface area contributed by atoms with Gasteiger partial charge in [0.05, 0.1) is 6.54 Å². The molecular formula is C9H17N3O. The summed E-state index contributed by atoms with van der Waals surface area (Å²) in [5, 5.41) is 11.0. The normalized spacial score (nSPS) is 13.2. The van der Waals surface area contributed by atoms with Crippen LogP contribution in [0.1, 0.15) is 38.5 Å². The maximum absolute atomic E-state index is 5.23. The quantitative estimate of drug-likeness (QED) is 0.754. The van der Waals surface area contributed by atoms with E-state index in [1.807, 2.05) is 0 Å². The van der Waals surface area contributed by atoms with Gasteiger partial charge >= 0.3 is 0 Å². The Morgan fingerprint density at radius 2 is 2.23 bits per heavy atom. The molecule has 1 N–H and O–H groups in total. The first-order valence-electron chi connectivity index (χ1n) is 4.74. The van der Waals surface area contributed by atoms with Gasteiger partial charge in [-0.25, -0.2) is 0 Å². The van der Waals surface area contributed by atoms with Crippen molar-refractivity contribution in [1.82, 2.24) is 15.5 Å². The standard InChI is InChI=1S/C9H17N3O/c1-4-5-7(2)10-6-9-12-11-8(3)13-9/h7,10H,4-6H2,1-3H3. The molecule has 13 heavy (non-hydrogen) atoms. The molecule has 0 aliphatic carbocycles. The molecule has 0 fully saturated rings. The van der Waals surface area contributed by atoms with Crippen LogP contribution in [-0.2, 0) is 6.54 Å². The van der Waals surface area contributed by atoms with Crippen molar-refractivity contribution in [3.05, 3.63) is 11.8 Å². The third-order valence-electron chi connectivity index (χ3n) is 1.89. The monoisotopic (exact) mass is 183 g/mol. The van der Waals surface area contributed by atoms with Gasteiger partial charge in [-0.2, -0.15) is 0 Å². The largest absolute Gasteiger partial charge is 0.424 e. The Balaban J connectivity index is 2.26. The molecule has 0 saturated heterocycles. The second kappa shape index (κ2) is 4.97. The summed E-state index contributed by atoms with van der Waals surface area (Å²) in [6, 6.07) is 0.511. The van der Waals surface area contributed by atoms with Crippen molar-refractivity contribution >= 4 is 0 Å². The number of aryl methyl sites for hydroxylation is 1. The molecule has 1 aromatic rings. The predicted molar refractivity (Wildman–Crippen MR) is 50.2 cm³/mol. The molecule has 1 heterocycles. The van der Waals surface area contributed by atoms with Crippen molar-refractivity contribution < 1.29 is 4.42 Å². The summed E-state index contributed by atoms with van der Waals surface area (Å²) in [6.07, 6.45) is 2.37. The lowest BCUT2D eigenvalue weighted by Gasteiger charge is -2.09. The van der Waals surface area contributed by atoms with E-state index in [2.05, 4.69) is 29.4 Å². The summed E-state index contributed by atoms with van der Waals surface area (Å²) in [7, 11) is 0. The van der Waals surface area contributed by atoms with Crippen molar-refractivity contribution in [2.75, 3.05) is 0 Å². The van der Waals surface area contributed by atoms with E-state index in [9.17, 15) is 0 Å². The first kappa shape index (κ1) is 10.2. The second-order valence-electron chi connectivity index (χ2n) is 3.29. The Labute approximate surface area is 78.7 Å². The van der Waals surface area contributed by atoms with Crippen molar-refractivity contribution in [3.8, 4) is 0 Å². The highest BCUT2D eigenvalue weighted by Gasteiger charge is 2.04. The highest BCUT2D eigenvalue weighted by atomic mass is 16.4. The second-order valence-corrected chi connectivity index (χ2v) is 3.29. The molecule has 74 valence electrons. The first-order chi connectivity index (χ1) is 6.22. The van der Waals surface area contributed by atoms with Crippen molar-refractivity contribution in [2.24, 2.45) is 0 Å². The van der Waals surface area contributed by atoms with Crippen molar-refractivity contribution in [1.29, 1.82) is 0 Å². The predicted octanol–water partition coefficient (Wildman–Crippen LogP) is 1.66. The lowest BCUT2D eigenvalue weighted by atomic mass is 10.2. The van der Waals surface area contributed by atoms with Gasteiger partial charge < -0.3 is 9.73 Å². The summed E-state index contributed by atoms with van der Waals surface area (Å²) in [6.45, 7) is 6.80.